The number of carbonyl (C=O) groups is 1. The first-order valence-corrected chi connectivity index (χ1v) is 8.85. The van der Waals surface area contributed by atoms with E-state index in [1.807, 2.05) is 16.8 Å². The van der Waals surface area contributed by atoms with Gasteiger partial charge in [-0.3, -0.25) is 0 Å². The molecule has 0 amide bonds. The van der Waals surface area contributed by atoms with Crippen molar-refractivity contribution in [3.05, 3.63) is 41.1 Å². The van der Waals surface area contributed by atoms with Crippen LogP contribution in [0.1, 0.15) is 67.1 Å². The minimum atomic E-state index is -0.906. The number of aromatic carboxylic acids is 1. The lowest BCUT2D eigenvalue weighted by atomic mass is 9.94. The first-order chi connectivity index (χ1) is 11.7. The van der Waals surface area contributed by atoms with E-state index in [2.05, 4.69) is 19.2 Å². The highest BCUT2D eigenvalue weighted by Gasteiger charge is 2.24. The van der Waals surface area contributed by atoms with Crippen LogP contribution in [-0.4, -0.2) is 27.4 Å². The maximum atomic E-state index is 11.1. The van der Waals surface area contributed by atoms with Crippen molar-refractivity contribution < 1.29 is 9.90 Å². The van der Waals surface area contributed by atoms with Crippen LogP contribution in [-0.2, 0) is 6.42 Å². The van der Waals surface area contributed by atoms with Crippen molar-refractivity contribution in [2.24, 2.45) is 0 Å². The fourth-order valence-electron chi connectivity index (χ4n) is 3.46. The van der Waals surface area contributed by atoms with Crippen LogP contribution in [0.4, 0.5) is 5.82 Å². The van der Waals surface area contributed by atoms with Gasteiger partial charge in [0.1, 0.15) is 5.82 Å². The molecule has 1 aliphatic heterocycles. The lowest BCUT2D eigenvalue weighted by Gasteiger charge is -2.11. The van der Waals surface area contributed by atoms with Gasteiger partial charge >= 0.3 is 5.97 Å². The molecule has 5 heteroatoms. The molecule has 1 aromatic heterocycles. The molecule has 2 aromatic rings. The maximum Gasteiger partial charge on any atom is 0.335 e. The van der Waals surface area contributed by atoms with Crippen molar-refractivity contribution in [1.29, 1.82) is 0 Å². The second-order valence-electron chi connectivity index (χ2n) is 6.37. The number of benzene rings is 1. The summed E-state index contributed by atoms with van der Waals surface area (Å²) < 4.78 is 1.96. The largest absolute Gasteiger partial charge is 0.478 e. The molecule has 0 aliphatic carbocycles. The molecule has 0 spiro atoms. The lowest BCUT2D eigenvalue weighted by Crippen LogP contribution is -2.07. The summed E-state index contributed by atoms with van der Waals surface area (Å²) in [5, 5.41) is 17.5. The molecule has 24 heavy (non-hydrogen) atoms. The number of nitrogens with zero attached hydrogens (tertiary/aromatic N) is 2. The Morgan fingerprint density at radius 3 is 2.58 bits per heavy atom. The van der Waals surface area contributed by atoms with Gasteiger partial charge in [-0.05, 0) is 56.4 Å². The van der Waals surface area contributed by atoms with Crippen LogP contribution in [0.5, 0.6) is 0 Å². The van der Waals surface area contributed by atoms with Crippen LogP contribution in [0.15, 0.2) is 24.3 Å². The zero-order chi connectivity index (χ0) is 17.1. The van der Waals surface area contributed by atoms with E-state index in [0.717, 1.165) is 43.7 Å². The number of aromatic nitrogens is 2. The Kier molecular flexibility index (Phi) is 4.88. The molecule has 0 radical (unpaired) electrons. The molecule has 0 saturated heterocycles. The Hall–Kier alpha value is -2.30. The number of anilines is 1. The van der Waals surface area contributed by atoms with Crippen LogP contribution in [0.2, 0.25) is 0 Å². The molecule has 2 N–H and O–H groups in total. The monoisotopic (exact) mass is 327 g/mol. The minimum absolute atomic E-state index is 0.296. The molecule has 1 aliphatic rings. The molecule has 0 atom stereocenters. The Labute approximate surface area is 142 Å². The fraction of sp³-hybridized carbons (Fsp3) is 0.474. The first-order valence-electron chi connectivity index (χ1n) is 8.85. The predicted molar refractivity (Wildman–Crippen MR) is 95.3 cm³/mol. The number of carboxylic acid groups (broad SMARTS) is 1. The Morgan fingerprint density at radius 1 is 1.25 bits per heavy atom. The first kappa shape index (κ1) is 16.6. The van der Waals surface area contributed by atoms with Crippen LogP contribution >= 0.6 is 0 Å². The number of nitrogens with one attached hydrogen (secondary N) is 1. The third kappa shape index (κ3) is 3.03. The third-order valence-electron chi connectivity index (χ3n) is 4.89. The molecule has 2 heterocycles. The summed E-state index contributed by atoms with van der Waals surface area (Å²) in [6.07, 6.45) is 5.56. The summed E-state index contributed by atoms with van der Waals surface area (Å²) in [5.41, 5.74) is 3.74. The van der Waals surface area contributed by atoms with E-state index >= 15 is 0 Å². The maximum absolute atomic E-state index is 11.1. The number of fused-ring (bicyclic) bond motifs is 1. The Bertz CT molecular complexity index is 715. The van der Waals surface area contributed by atoms with Crippen molar-refractivity contribution >= 4 is 11.8 Å². The Balaban J connectivity index is 2.08. The summed E-state index contributed by atoms with van der Waals surface area (Å²) in [4.78, 5) is 11.1. The predicted octanol–water partition coefficient (Wildman–Crippen LogP) is 4.22. The van der Waals surface area contributed by atoms with Crippen molar-refractivity contribution in [2.45, 2.75) is 51.9 Å². The molecule has 5 nitrogen and oxygen atoms in total. The average Bonchev–Trinajstić information content (AvgIpc) is 2.79. The zero-order valence-electron chi connectivity index (χ0n) is 14.4. The molecular formula is C19H25N3O2. The third-order valence-corrected chi connectivity index (χ3v) is 4.89. The van der Waals surface area contributed by atoms with Gasteiger partial charge in [0, 0.05) is 18.0 Å². The summed E-state index contributed by atoms with van der Waals surface area (Å²) in [7, 11) is 0. The molecule has 0 saturated carbocycles. The van der Waals surface area contributed by atoms with E-state index in [9.17, 15) is 4.79 Å². The van der Waals surface area contributed by atoms with Crippen molar-refractivity contribution in [3.8, 4) is 5.69 Å². The average molecular weight is 327 g/mol. The molecule has 1 aromatic carbocycles. The highest BCUT2D eigenvalue weighted by atomic mass is 16.4. The second kappa shape index (κ2) is 7.07. The van der Waals surface area contributed by atoms with E-state index in [0.29, 0.717) is 11.5 Å². The van der Waals surface area contributed by atoms with Gasteiger partial charge in [0.05, 0.1) is 16.9 Å². The van der Waals surface area contributed by atoms with E-state index < -0.39 is 5.97 Å². The minimum Gasteiger partial charge on any atom is -0.478 e. The normalized spacial score (nSPS) is 14.1. The van der Waals surface area contributed by atoms with Crippen LogP contribution < -0.4 is 5.32 Å². The summed E-state index contributed by atoms with van der Waals surface area (Å²) in [6.45, 7) is 5.38. The van der Waals surface area contributed by atoms with Gasteiger partial charge in [-0.2, -0.15) is 5.10 Å². The number of rotatable bonds is 5. The highest BCUT2D eigenvalue weighted by Crippen LogP contribution is 2.34. The topological polar surface area (TPSA) is 67.2 Å². The van der Waals surface area contributed by atoms with Crippen LogP contribution in [0.3, 0.4) is 0 Å². The molecule has 0 unspecified atom stereocenters. The van der Waals surface area contributed by atoms with E-state index in [1.54, 1.807) is 12.1 Å². The van der Waals surface area contributed by atoms with Gasteiger partial charge < -0.3 is 10.4 Å². The van der Waals surface area contributed by atoms with Gasteiger partial charge in [-0.1, -0.05) is 13.8 Å². The van der Waals surface area contributed by atoms with Gasteiger partial charge in [0.15, 0.2) is 0 Å². The van der Waals surface area contributed by atoms with Gasteiger partial charge in [0.2, 0.25) is 0 Å². The molecule has 128 valence electrons. The standard InChI is InChI=1S/C19H25N3O2/c1-3-13(4-2)17-16-7-5-6-12-20-18(16)22(21-17)15-10-8-14(9-11-15)19(23)24/h8-11,13,20H,3-7,12H2,1-2H3,(H,23,24). The van der Waals surface area contributed by atoms with Crippen molar-refractivity contribution in [2.75, 3.05) is 11.9 Å². The van der Waals surface area contributed by atoms with Gasteiger partial charge in [-0.15, -0.1) is 0 Å². The quantitative estimate of drug-likeness (QED) is 0.863. The van der Waals surface area contributed by atoms with Crippen molar-refractivity contribution in [1.82, 2.24) is 9.78 Å². The van der Waals surface area contributed by atoms with Gasteiger partial charge in [0.25, 0.3) is 0 Å². The molecular weight excluding hydrogens is 302 g/mol. The molecule has 0 fully saturated rings. The number of hydrogen-bond donors (Lipinski definition) is 2. The second-order valence-corrected chi connectivity index (χ2v) is 6.37. The summed E-state index contributed by atoms with van der Waals surface area (Å²) in [6, 6.07) is 6.94. The van der Waals surface area contributed by atoms with Crippen molar-refractivity contribution in [3.63, 3.8) is 0 Å². The SMILES string of the molecule is CCC(CC)c1nn(-c2ccc(C(=O)O)cc2)c2c1CCCCN2. The van der Waals surface area contributed by atoms with E-state index in [1.165, 1.54) is 17.7 Å². The fourth-order valence-corrected chi connectivity index (χ4v) is 3.46. The number of hydrogen-bond acceptors (Lipinski definition) is 3. The van der Waals surface area contributed by atoms with Crippen LogP contribution in [0.25, 0.3) is 5.69 Å². The molecule has 3 rings (SSSR count). The highest BCUT2D eigenvalue weighted by molar-refractivity contribution is 5.87. The summed E-state index contributed by atoms with van der Waals surface area (Å²) >= 11 is 0. The molecule has 0 bridgehead atoms. The lowest BCUT2D eigenvalue weighted by molar-refractivity contribution is 0.0697. The number of carboxylic acids is 1. The summed E-state index contributed by atoms with van der Waals surface area (Å²) in [5.74, 6) is 0.646. The van der Waals surface area contributed by atoms with E-state index in [-0.39, 0.29) is 0 Å². The van der Waals surface area contributed by atoms with Gasteiger partial charge in [-0.25, -0.2) is 9.48 Å². The smallest absolute Gasteiger partial charge is 0.335 e. The van der Waals surface area contributed by atoms with Crippen LogP contribution in [0, 0.1) is 0 Å². The van der Waals surface area contributed by atoms with E-state index in [4.69, 9.17) is 10.2 Å². The Morgan fingerprint density at radius 2 is 1.96 bits per heavy atom. The zero-order valence-corrected chi connectivity index (χ0v) is 14.4.